The van der Waals surface area contributed by atoms with Crippen LogP contribution in [0.25, 0.3) is 0 Å². The summed E-state index contributed by atoms with van der Waals surface area (Å²) in [7, 11) is 0. The van der Waals surface area contributed by atoms with Gasteiger partial charge in [-0.3, -0.25) is 4.90 Å². The molecule has 130 valence electrons. The fraction of sp³-hybridized carbons (Fsp3) is 0.556. The molecule has 0 N–H and O–H groups in total. The van der Waals surface area contributed by atoms with E-state index in [2.05, 4.69) is 44.8 Å². The topological polar surface area (TPSA) is 82.1 Å². The van der Waals surface area contributed by atoms with Gasteiger partial charge in [0.2, 0.25) is 5.89 Å². The number of nitriles is 1. The van der Waals surface area contributed by atoms with Crippen LogP contribution in [0.15, 0.2) is 22.9 Å². The predicted molar refractivity (Wildman–Crippen MR) is 91.8 cm³/mol. The van der Waals surface area contributed by atoms with Gasteiger partial charge in [0, 0.05) is 38.3 Å². The van der Waals surface area contributed by atoms with Gasteiger partial charge in [0.25, 0.3) is 0 Å². The van der Waals surface area contributed by atoms with Gasteiger partial charge < -0.3 is 9.42 Å². The normalized spacial score (nSPS) is 23.2. The maximum absolute atomic E-state index is 9.28. The molecule has 0 amide bonds. The van der Waals surface area contributed by atoms with Crippen molar-refractivity contribution in [3.05, 3.63) is 35.6 Å². The molecule has 0 aliphatic carbocycles. The molecule has 7 heteroatoms. The number of aromatic nitrogens is 3. The lowest BCUT2D eigenvalue weighted by molar-refractivity contribution is 0.254. The van der Waals surface area contributed by atoms with Crippen molar-refractivity contribution < 1.29 is 4.52 Å². The van der Waals surface area contributed by atoms with Gasteiger partial charge in [-0.05, 0) is 24.0 Å². The Labute approximate surface area is 147 Å². The minimum Gasteiger partial charge on any atom is -0.355 e. The van der Waals surface area contributed by atoms with Crippen LogP contribution in [0, 0.1) is 23.2 Å². The molecule has 2 aliphatic rings. The van der Waals surface area contributed by atoms with Gasteiger partial charge in [-0.2, -0.15) is 10.2 Å². The van der Waals surface area contributed by atoms with E-state index in [4.69, 9.17) is 4.52 Å². The molecule has 2 aromatic heterocycles. The van der Waals surface area contributed by atoms with Gasteiger partial charge in [0.05, 0.1) is 12.1 Å². The monoisotopic (exact) mass is 338 g/mol. The highest BCUT2D eigenvalue weighted by molar-refractivity contribution is 5.54. The molecular weight excluding hydrogens is 316 g/mol. The van der Waals surface area contributed by atoms with Crippen LogP contribution in [-0.2, 0) is 6.54 Å². The quantitative estimate of drug-likeness (QED) is 0.843. The van der Waals surface area contributed by atoms with E-state index in [0.717, 1.165) is 44.4 Å². The van der Waals surface area contributed by atoms with Crippen molar-refractivity contribution in [2.75, 3.05) is 31.1 Å². The van der Waals surface area contributed by atoms with E-state index in [9.17, 15) is 5.26 Å². The molecule has 2 atom stereocenters. The number of nitrogens with zero attached hydrogens (tertiary/aromatic N) is 6. The molecule has 4 rings (SSSR count). The SMILES string of the molecule is CC(C)c1noc(CN2CC3CN(c4ncccc4C#N)CC3C2)n1. The Morgan fingerprint density at radius 1 is 1.28 bits per heavy atom. The molecule has 2 aliphatic heterocycles. The molecule has 2 fully saturated rings. The van der Waals surface area contributed by atoms with E-state index in [1.165, 1.54) is 0 Å². The van der Waals surface area contributed by atoms with Crippen molar-refractivity contribution in [2.45, 2.75) is 26.3 Å². The third-order valence-electron chi connectivity index (χ3n) is 5.13. The number of fused-ring (bicyclic) bond motifs is 1. The van der Waals surface area contributed by atoms with Crippen LogP contribution in [0.5, 0.6) is 0 Å². The Morgan fingerprint density at radius 2 is 2.04 bits per heavy atom. The van der Waals surface area contributed by atoms with E-state index in [0.29, 0.717) is 23.3 Å². The Balaban J connectivity index is 1.38. The zero-order chi connectivity index (χ0) is 17.4. The second kappa shape index (κ2) is 6.45. The Kier molecular flexibility index (Phi) is 4.14. The number of rotatable bonds is 4. The lowest BCUT2D eigenvalue weighted by Gasteiger charge is -2.22. The lowest BCUT2D eigenvalue weighted by atomic mass is 10.0. The third-order valence-corrected chi connectivity index (χ3v) is 5.13. The largest absolute Gasteiger partial charge is 0.355 e. The summed E-state index contributed by atoms with van der Waals surface area (Å²) < 4.78 is 5.37. The highest BCUT2D eigenvalue weighted by Crippen LogP contribution is 2.34. The fourth-order valence-electron chi connectivity index (χ4n) is 3.89. The van der Waals surface area contributed by atoms with Crippen molar-refractivity contribution in [3.8, 4) is 6.07 Å². The average Bonchev–Trinajstić information content (AvgIpc) is 3.29. The van der Waals surface area contributed by atoms with E-state index in [-0.39, 0.29) is 5.92 Å². The van der Waals surface area contributed by atoms with Crippen molar-refractivity contribution in [3.63, 3.8) is 0 Å². The second-order valence-electron chi connectivity index (χ2n) is 7.31. The zero-order valence-electron chi connectivity index (χ0n) is 14.6. The van der Waals surface area contributed by atoms with E-state index < -0.39 is 0 Å². The van der Waals surface area contributed by atoms with Crippen molar-refractivity contribution >= 4 is 5.82 Å². The summed E-state index contributed by atoms with van der Waals surface area (Å²) in [5.41, 5.74) is 0.659. The Hall–Kier alpha value is -2.46. The maximum atomic E-state index is 9.28. The Bertz CT molecular complexity index is 781. The van der Waals surface area contributed by atoms with Crippen LogP contribution < -0.4 is 4.90 Å². The summed E-state index contributed by atoms with van der Waals surface area (Å²) >= 11 is 0. The summed E-state index contributed by atoms with van der Waals surface area (Å²) in [4.78, 5) is 13.6. The van der Waals surface area contributed by atoms with E-state index in [1.807, 2.05) is 12.1 Å². The van der Waals surface area contributed by atoms with Crippen molar-refractivity contribution in [1.29, 1.82) is 5.26 Å². The van der Waals surface area contributed by atoms with Crippen LogP contribution >= 0.6 is 0 Å². The van der Waals surface area contributed by atoms with Crippen molar-refractivity contribution in [1.82, 2.24) is 20.0 Å². The predicted octanol–water partition coefficient (Wildman–Crippen LogP) is 2.03. The Morgan fingerprint density at radius 3 is 2.68 bits per heavy atom. The van der Waals surface area contributed by atoms with Crippen LogP contribution in [0.3, 0.4) is 0 Å². The van der Waals surface area contributed by atoms with Crippen LogP contribution in [0.4, 0.5) is 5.82 Å². The van der Waals surface area contributed by atoms with Gasteiger partial charge in [-0.25, -0.2) is 4.98 Å². The molecule has 2 saturated heterocycles. The van der Waals surface area contributed by atoms with Gasteiger partial charge in [-0.1, -0.05) is 19.0 Å². The molecule has 2 aromatic rings. The maximum Gasteiger partial charge on any atom is 0.240 e. The van der Waals surface area contributed by atoms with Gasteiger partial charge in [0.15, 0.2) is 5.82 Å². The summed E-state index contributed by atoms with van der Waals surface area (Å²) in [6, 6.07) is 5.90. The van der Waals surface area contributed by atoms with Crippen LogP contribution in [0.1, 0.15) is 37.0 Å². The summed E-state index contributed by atoms with van der Waals surface area (Å²) in [5.74, 6) is 3.79. The summed E-state index contributed by atoms with van der Waals surface area (Å²) in [6.07, 6.45) is 1.76. The fourth-order valence-corrected chi connectivity index (χ4v) is 3.89. The van der Waals surface area contributed by atoms with Gasteiger partial charge in [-0.15, -0.1) is 0 Å². The minimum absolute atomic E-state index is 0.289. The molecule has 0 saturated carbocycles. The zero-order valence-corrected chi connectivity index (χ0v) is 14.6. The number of hydrogen-bond acceptors (Lipinski definition) is 7. The van der Waals surface area contributed by atoms with Crippen LogP contribution in [0.2, 0.25) is 0 Å². The highest BCUT2D eigenvalue weighted by atomic mass is 16.5. The molecule has 0 spiro atoms. The first-order valence-corrected chi connectivity index (χ1v) is 8.79. The molecule has 2 unspecified atom stereocenters. The number of anilines is 1. The second-order valence-corrected chi connectivity index (χ2v) is 7.31. The summed E-state index contributed by atoms with van der Waals surface area (Å²) in [6.45, 7) is 8.80. The molecule has 25 heavy (non-hydrogen) atoms. The summed E-state index contributed by atoms with van der Waals surface area (Å²) in [5, 5.41) is 13.3. The molecule has 0 aromatic carbocycles. The lowest BCUT2D eigenvalue weighted by Crippen LogP contribution is -2.29. The number of pyridine rings is 1. The molecule has 7 nitrogen and oxygen atoms in total. The first kappa shape index (κ1) is 16.0. The first-order valence-electron chi connectivity index (χ1n) is 8.79. The molecule has 0 bridgehead atoms. The number of likely N-dealkylation sites (tertiary alicyclic amines) is 1. The van der Waals surface area contributed by atoms with Gasteiger partial charge in [0.1, 0.15) is 11.9 Å². The first-order chi connectivity index (χ1) is 12.1. The minimum atomic E-state index is 0.289. The standard InChI is InChI=1S/C18H22N6O/c1-12(2)17-21-16(25-22-17)11-23-7-14-9-24(10-15(14)8-23)18-13(6-19)4-3-5-20-18/h3-5,12,14-15H,7-11H2,1-2H3. The molecule has 4 heterocycles. The van der Waals surface area contributed by atoms with Crippen LogP contribution in [-0.4, -0.2) is 46.2 Å². The van der Waals surface area contributed by atoms with E-state index in [1.54, 1.807) is 6.20 Å². The smallest absolute Gasteiger partial charge is 0.240 e. The van der Waals surface area contributed by atoms with Gasteiger partial charge >= 0.3 is 0 Å². The van der Waals surface area contributed by atoms with E-state index >= 15 is 0 Å². The molecular formula is C18H22N6O. The van der Waals surface area contributed by atoms with Crippen molar-refractivity contribution in [2.24, 2.45) is 11.8 Å². The average molecular weight is 338 g/mol. The third kappa shape index (κ3) is 3.10. The molecule has 0 radical (unpaired) electrons. The number of hydrogen-bond donors (Lipinski definition) is 0. The highest BCUT2D eigenvalue weighted by Gasteiger charge is 2.41.